The third kappa shape index (κ3) is 3.86. The van der Waals surface area contributed by atoms with Gasteiger partial charge in [0.2, 0.25) is 5.91 Å². The molecule has 2 rings (SSSR count). The van der Waals surface area contributed by atoms with E-state index in [9.17, 15) is 14.9 Å². The number of unbranched alkanes of at least 4 members (excludes halogenated alkanes) is 1. The van der Waals surface area contributed by atoms with Crippen LogP contribution in [0.4, 0.5) is 11.4 Å². The van der Waals surface area contributed by atoms with E-state index in [1.165, 1.54) is 17.9 Å². The number of nitrogens with one attached hydrogen (secondary N) is 1. The summed E-state index contributed by atoms with van der Waals surface area (Å²) >= 11 is 0. The van der Waals surface area contributed by atoms with E-state index >= 15 is 0 Å². The summed E-state index contributed by atoms with van der Waals surface area (Å²) in [6.45, 7) is 3.89. The lowest BCUT2D eigenvalue weighted by atomic mass is 10.1. The fourth-order valence-corrected chi connectivity index (χ4v) is 2.61. The van der Waals surface area contributed by atoms with Gasteiger partial charge in [-0.1, -0.05) is 13.3 Å². The lowest BCUT2D eigenvalue weighted by Crippen LogP contribution is -2.13. The zero-order valence-electron chi connectivity index (χ0n) is 15.1. The standard InChI is InChI=1S/C19H22N4O3/c1-4-5-6-16(24)22-15-8-7-14(9-12(15)2)23-11-13(10-20)17(21)18(23)19(25)26-3/h7-9,11H,4-6,21H2,1-3H3,(H,22,24). The van der Waals surface area contributed by atoms with Crippen LogP contribution in [-0.2, 0) is 9.53 Å². The second-order valence-electron chi connectivity index (χ2n) is 5.93. The maximum Gasteiger partial charge on any atom is 0.357 e. The molecule has 3 N–H and O–H groups in total. The molecule has 0 saturated heterocycles. The van der Waals surface area contributed by atoms with Gasteiger partial charge in [-0.3, -0.25) is 4.79 Å². The number of hydrogen-bond donors (Lipinski definition) is 2. The van der Waals surface area contributed by atoms with Gasteiger partial charge in [-0.05, 0) is 37.1 Å². The van der Waals surface area contributed by atoms with Gasteiger partial charge in [0.25, 0.3) is 0 Å². The Labute approximate surface area is 152 Å². The zero-order chi connectivity index (χ0) is 19.3. The van der Waals surface area contributed by atoms with Gasteiger partial charge in [0.1, 0.15) is 6.07 Å². The third-order valence-corrected chi connectivity index (χ3v) is 4.06. The second kappa shape index (κ2) is 8.21. The number of carbonyl (C=O) groups is 2. The smallest absolute Gasteiger partial charge is 0.357 e. The topological polar surface area (TPSA) is 110 Å². The molecule has 0 aliphatic heterocycles. The molecule has 1 aromatic carbocycles. The number of nitrogens with two attached hydrogens (primary N) is 1. The number of ether oxygens (including phenoxy) is 1. The van der Waals surface area contributed by atoms with Crippen molar-refractivity contribution in [2.75, 3.05) is 18.2 Å². The summed E-state index contributed by atoms with van der Waals surface area (Å²) in [6.07, 6.45) is 3.77. The minimum atomic E-state index is -0.626. The fourth-order valence-electron chi connectivity index (χ4n) is 2.61. The van der Waals surface area contributed by atoms with Crippen LogP contribution in [-0.4, -0.2) is 23.6 Å². The van der Waals surface area contributed by atoms with Crippen molar-refractivity contribution in [2.24, 2.45) is 0 Å². The van der Waals surface area contributed by atoms with Crippen molar-refractivity contribution >= 4 is 23.3 Å². The normalized spacial score (nSPS) is 10.2. The summed E-state index contributed by atoms with van der Waals surface area (Å²) in [6, 6.07) is 7.28. The van der Waals surface area contributed by atoms with Crippen LogP contribution in [0.1, 0.15) is 47.8 Å². The van der Waals surface area contributed by atoms with Gasteiger partial charge in [-0.15, -0.1) is 0 Å². The summed E-state index contributed by atoms with van der Waals surface area (Å²) in [7, 11) is 1.26. The molecule has 0 saturated carbocycles. The number of rotatable bonds is 6. The Morgan fingerprint density at radius 3 is 2.69 bits per heavy atom. The monoisotopic (exact) mass is 354 g/mol. The molecule has 1 aromatic heterocycles. The Morgan fingerprint density at radius 2 is 2.12 bits per heavy atom. The average Bonchev–Trinajstić information content (AvgIpc) is 2.97. The number of aryl methyl sites for hydroxylation is 1. The highest BCUT2D eigenvalue weighted by Gasteiger charge is 2.22. The van der Waals surface area contributed by atoms with E-state index in [-0.39, 0.29) is 22.9 Å². The van der Waals surface area contributed by atoms with Crippen LogP contribution >= 0.6 is 0 Å². The SMILES string of the molecule is CCCCC(=O)Nc1ccc(-n2cc(C#N)c(N)c2C(=O)OC)cc1C. The number of nitrogens with zero attached hydrogens (tertiary/aromatic N) is 2. The van der Waals surface area contributed by atoms with Crippen LogP contribution in [0.15, 0.2) is 24.4 Å². The van der Waals surface area contributed by atoms with Crippen molar-refractivity contribution < 1.29 is 14.3 Å². The van der Waals surface area contributed by atoms with Crippen LogP contribution in [0.5, 0.6) is 0 Å². The van der Waals surface area contributed by atoms with Crippen molar-refractivity contribution in [3.05, 3.63) is 41.2 Å². The van der Waals surface area contributed by atoms with Gasteiger partial charge in [0.05, 0.1) is 18.4 Å². The van der Waals surface area contributed by atoms with Crippen LogP contribution in [0.25, 0.3) is 5.69 Å². The lowest BCUT2D eigenvalue weighted by molar-refractivity contribution is -0.116. The number of aromatic nitrogens is 1. The van der Waals surface area contributed by atoms with Gasteiger partial charge in [0.15, 0.2) is 5.69 Å². The van der Waals surface area contributed by atoms with Gasteiger partial charge in [-0.2, -0.15) is 5.26 Å². The van der Waals surface area contributed by atoms with E-state index in [0.29, 0.717) is 17.8 Å². The number of anilines is 2. The van der Waals surface area contributed by atoms with Crippen molar-refractivity contribution in [3.63, 3.8) is 0 Å². The summed E-state index contributed by atoms with van der Waals surface area (Å²) in [4.78, 5) is 24.0. The highest BCUT2D eigenvalue weighted by Crippen LogP contribution is 2.27. The maximum absolute atomic E-state index is 12.1. The van der Waals surface area contributed by atoms with Gasteiger partial charge < -0.3 is 20.4 Å². The number of amides is 1. The summed E-state index contributed by atoms with van der Waals surface area (Å²) in [5.74, 6) is -0.659. The van der Waals surface area contributed by atoms with E-state index in [2.05, 4.69) is 5.32 Å². The number of methoxy groups -OCH3 is 1. The van der Waals surface area contributed by atoms with Crippen LogP contribution in [0.3, 0.4) is 0 Å². The zero-order valence-corrected chi connectivity index (χ0v) is 15.1. The van der Waals surface area contributed by atoms with Crippen LogP contribution < -0.4 is 11.1 Å². The van der Waals surface area contributed by atoms with E-state index in [1.807, 2.05) is 26.0 Å². The van der Waals surface area contributed by atoms with Gasteiger partial charge >= 0.3 is 5.97 Å². The number of nitriles is 1. The van der Waals surface area contributed by atoms with E-state index < -0.39 is 5.97 Å². The van der Waals surface area contributed by atoms with Crippen molar-refractivity contribution in [1.82, 2.24) is 4.57 Å². The minimum absolute atomic E-state index is 0.0325. The number of carbonyl (C=O) groups excluding carboxylic acids is 2. The molecular formula is C19H22N4O3. The summed E-state index contributed by atoms with van der Waals surface area (Å²) in [5.41, 5.74) is 8.45. The van der Waals surface area contributed by atoms with Crippen molar-refractivity contribution in [2.45, 2.75) is 33.1 Å². The van der Waals surface area contributed by atoms with E-state index in [0.717, 1.165) is 18.4 Å². The molecule has 0 bridgehead atoms. The second-order valence-corrected chi connectivity index (χ2v) is 5.93. The van der Waals surface area contributed by atoms with Crippen molar-refractivity contribution in [3.8, 4) is 11.8 Å². The molecule has 2 aromatic rings. The molecule has 7 heteroatoms. The fraction of sp³-hybridized carbons (Fsp3) is 0.316. The Kier molecular flexibility index (Phi) is 6.02. The maximum atomic E-state index is 12.1. The predicted molar refractivity (Wildman–Crippen MR) is 99.1 cm³/mol. The van der Waals surface area contributed by atoms with Crippen LogP contribution in [0.2, 0.25) is 0 Å². The number of benzene rings is 1. The molecule has 7 nitrogen and oxygen atoms in total. The lowest BCUT2D eigenvalue weighted by Gasteiger charge is -2.13. The van der Waals surface area contributed by atoms with Gasteiger partial charge in [0, 0.05) is 24.0 Å². The molecule has 0 aliphatic rings. The Hall–Kier alpha value is -3.27. The largest absolute Gasteiger partial charge is 0.464 e. The summed E-state index contributed by atoms with van der Waals surface area (Å²) < 4.78 is 6.30. The Balaban J connectivity index is 2.39. The molecule has 0 spiro atoms. The average molecular weight is 354 g/mol. The van der Waals surface area contributed by atoms with Gasteiger partial charge in [-0.25, -0.2) is 4.79 Å². The first-order valence-corrected chi connectivity index (χ1v) is 8.33. The third-order valence-electron chi connectivity index (χ3n) is 4.06. The van der Waals surface area contributed by atoms with Crippen molar-refractivity contribution in [1.29, 1.82) is 5.26 Å². The molecule has 0 atom stereocenters. The highest BCUT2D eigenvalue weighted by molar-refractivity contribution is 5.96. The molecule has 1 amide bonds. The molecule has 26 heavy (non-hydrogen) atoms. The molecule has 0 fully saturated rings. The molecule has 0 radical (unpaired) electrons. The molecule has 1 heterocycles. The molecular weight excluding hydrogens is 332 g/mol. The highest BCUT2D eigenvalue weighted by atomic mass is 16.5. The Bertz CT molecular complexity index is 878. The first-order valence-electron chi connectivity index (χ1n) is 8.33. The quantitative estimate of drug-likeness (QED) is 0.774. The number of nitrogen functional groups attached to an aromatic ring is 1. The Morgan fingerprint density at radius 1 is 1.38 bits per heavy atom. The van der Waals surface area contributed by atoms with E-state index in [1.54, 1.807) is 12.1 Å². The number of hydrogen-bond acceptors (Lipinski definition) is 5. The summed E-state index contributed by atoms with van der Waals surface area (Å²) in [5, 5.41) is 12.1. The predicted octanol–water partition coefficient (Wildman–Crippen LogP) is 3.15. The van der Waals surface area contributed by atoms with Crippen LogP contribution in [0, 0.1) is 18.3 Å². The molecule has 136 valence electrons. The molecule has 0 unspecified atom stereocenters. The van der Waals surface area contributed by atoms with E-state index in [4.69, 9.17) is 10.5 Å². The number of esters is 1. The molecule has 0 aliphatic carbocycles. The minimum Gasteiger partial charge on any atom is -0.464 e. The first kappa shape index (κ1) is 19.1. The first-order chi connectivity index (χ1) is 12.4.